The summed E-state index contributed by atoms with van der Waals surface area (Å²) in [5.74, 6) is -0.472. The Hall–Kier alpha value is -2.53. The first kappa shape index (κ1) is 18.8. The molecule has 0 aliphatic heterocycles. The lowest BCUT2D eigenvalue weighted by molar-refractivity contribution is -0.149. The molecule has 0 bridgehead atoms. The summed E-state index contributed by atoms with van der Waals surface area (Å²) in [5, 5.41) is 3.20. The van der Waals surface area contributed by atoms with E-state index in [4.69, 9.17) is 21.1 Å². The Morgan fingerprint density at radius 3 is 2.52 bits per heavy atom. The topological polar surface area (TPSA) is 64.6 Å². The molecule has 0 atom stereocenters. The third-order valence-corrected chi connectivity index (χ3v) is 4.15. The minimum absolute atomic E-state index is 0.258. The van der Waals surface area contributed by atoms with Crippen LogP contribution in [0.5, 0.6) is 5.75 Å². The van der Waals surface area contributed by atoms with E-state index in [0.29, 0.717) is 16.5 Å². The lowest BCUT2D eigenvalue weighted by atomic mass is 10.1. The highest BCUT2D eigenvalue weighted by molar-refractivity contribution is 6.31. The van der Waals surface area contributed by atoms with Gasteiger partial charge in [0.25, 0.3) is 5.91 Å². The first-order chi connectivity index (χ1) is 11.9. The van der Waals surface area contributed by atoms with Crippen LogP contribution in [0.15, 0.2) is 36.4 Å². The van der Waals surface area contributed by atoms with Crippen molar-refractivity contribution in [3.05, 3.63) is 58.1 Å². The second-order valence-electron chi connectivity index (χ2n) is 5.66. The van der Waals surface area contributed by atoms with Crippen LogP contribution in [-0.2, 0) is 14.3 Å². The van der Waals surface area contributed by atoms with E-state index in [0.717, 1.165) is 16.7 Å². The zero-order valence-corrected chi connectivity index (χ0v) is 15.1. The van der Waals surface area contributed by atoms with Gasteiger partial charge in [-0.25, -0.2) is 4.79 Å². The van der Waals surface area contributed by atoms with Gasteiger partial charge in [-0.05, 0) is 61.7 Å². The fraction of sp³-hybridized carbons (Fsp3) is 0.263. The molecule has 2 rings (SSSR count). The van der Waals surface area contributed by atoms with Crippen LogP contribution < -0.4 is 10.1 Å². The van der Waals surface area contributed by atoms with E-state index in [-0.39, 0.29) is 13.2 Å². The van der Waals surface area contributed by atoms with Gasteiger partial charge in [0.2, 0.25) is 0 Å². The van der Waals surface area contributed by atoms with Crippen LogP contribution in [-0.4, -0.2) is 25.1 Å². The zero-order valence-electron chi connectivity index (χ0n) is 14.4. The highest BCUT2D eigenvalue weighted by atomic mass is 35.5. The van der Waals surface area contributed by atoms with Gasteiger partial charge in [-0.1, -0.05) is 23.7 Å². The number of aryl methyl sites for hydroxylation is 2. The van der Waals surface area contributed by atoms with Crippen molar-refractivity contribution in [2.75, 3.05) is 18.5 Å². The van der Waals surface area contributed by atoms with Gasteiger partial charge >= 0.3 is 5.97 Å². The third kappa shape index (κ3) is 5.50. The van der Waals surface area contributed by atoms with Crippen molar-refractivity contribution in [1.82, 2.24) is 0 Å². The number of nitrogens with one attached hydrogen (secondary N) is 1. The van der Waals surface area contributed by atoms with Crippen LogP contribution in [0.1, 0.15) is 16.7 Å². The van der Waals surface area contributed by atoms with Crippen molar-refractivity contribution in [3.63, 3.8) is 0 Å². The number of carbonyl (C=O) groups excluding carboxylic acids is 2. The average Bonchev–Trinajstić information content (AvgIpc) is 2.58. The zero-order chi connectivity index (χ0) is 18.4. The molecule has 6 heteroatoms. The van der Waals surface area contributed by atoms with E-state index in [2.05, 4.69) is 5.32 Å². The van der Waals surface area contributed by atoms with Crippen LogP contribution in [0.2, 0.25) is 5.02 Å². The number of rotatable bonds is 6. The van der Waals surface area contributed by atoms with Gasteiger partial charge in [-0.2, -0.15) is 0 Å². The number of ether oxygens (including phenoxy) is 2. The molecule has 0 fully saturated rings. The molecule has 25 heavy (non-hydrogen) atoms. The summed E-state index contributed by atoms with van der Waals surface area (Å²) in [4.78, 5) is 23.6. The molecule has 2 aromatic carbocycles. The number of halogens is 1. The van der Waals surface area contributed by atoms with E-state index in [1.807, 2.05) is 26.0 Å². The second kappa shape index (κ2) is 8.53. The quantitative estimate of drug-likeness (QED) is 0.794. The molecule has 0 saturated carbocycles. The monoisotopic (exact) mass is 361 g/mol. The SMILES string of the molecule is Cc1ccc(OCC(=O)OCC(=O)Nc2cccc(Cl)c2C)cc1C. The van der Waals surface area contributed by atoms with Gasteiger partial charge < -0.3 is 14.8 Å². The van der Waals surface area contributed by atoms with E-state index < -0.39 is 11.9 Å². The summed E-state index contributed by atoms with van der Waals surface area (Å²) < 4.78 is 10.3. The summed E-state index contributed by atoms with van der Waals surface area (Å²) in [6, 6.07) is 10.7. The molecule has 0 aliphatic carbocycles. The standard InChI is InChI=1S/C19H20ClNO4/c1-12-7-8-15(9-13(12)2)24-11-19(23)25-10-18(22)21-17-6-4-5-16(20)14(17)3/h4-9H,10-11H2,1-3H3,(H,21,22). The summed E-state index contributed by atoms with van der Waals surface area (Å²) in [7, 11) is 0. The normalized spacial score (nSPS) is 10.2. The van der Waals surface area contributed by atoms with Crippen LogP contribution in [0.3, 0.4) is 0 Å². The minimum atomic E-state index is -0.615. The molecule has 1 N–H and O–H groups in total. The number of amides is 1. The fourth-order valence-corrected chi connectivity index (χ4v) is 2.24. The van der Waals surface area contributed by atoms with Gasteiger partial charge in [0.1, 0.15) is 5.75 Å². The lowest BCUT2D eigenvalue weighted by Gasteiger charge is -2.10. The average molecular weight is 362 g/mol. The molecule has 5 nitrogen and oxygen atoms in total. The highest BCUT2D eigenvalue weighted by Gasteiger charge is 2.11. The molecule has 0 spiro atoms. The van der Waals surface area contributed by atoms with E-state index >= 15 is 0 Å². The number of benzene rings is 2. The molecular formula is C19H20ClNO4. The van der Waals surface area contributed by atoms with Crippen molar-refractivity contribution in [3.8, 4) is 5.75 Å². The molecule has 0 aliphatic rings. The number of hydrogen-bond donors (Lipinski definition) is 1. The molecule has 0 saturated heterocycles. The van der Waals surface area contributed by atoms with Gasteiger partial charge in [0, 0.05) is 10.7 Å². The van der Waals surface area contributed by atoms with Gasteiger partial charge in [-0.3, -0.25) is 4.79 Å². The third-order valence-electron chi connectivity index (χ3n) is 3.74. The largest absolute Gasteiger partial charge is 0.482 e. The Bertz CT molecular complexity index is 789. The predicted octanol–water partition coefficient (Wildman–Crippen LogP) is 3.83. The van der Waals surface area contributed by atoms with Crippen molar-refractivity contribution >= 4 is 29.2 Å². The Morgan fingerprint density at radius 2 is 1.80 bits per heavy atom. The molecule has 2 aromatic rings. The summed E-state index contributed by atoms with van der Waals surface area (Å²) in [5.41, 5.74) is 3.55. The molecule has 0 aromatic heterocycles. The van der Waals surface area contributed by atoms with Crippen LogP contribution >= 0.6 is 11.6 Å². The van der Waals surface area contributed by atoms with Gasteiger partial charge in [0.15, 0.2) is 13.2 Å². The molecule has 0 heterocycles. The van der Waals surface area contributed by atoms with Crippen LogP contribution in [0.4, 0.5) is 5.69 Å². The maximum absolute atomic E-state index is 11.9. The molecule has 132 valence electrons. The first-order valence-corrected chi connectivity index (χ1v) is 8.15. The molecular weight excluding hydrogens is 342 g/mol. The number of carbonyl (C=O) groups is 2. The van der Waals surface area contributed by atoms with Crippen molar-refractivity contribution in [1.29, 1.82) is 0 Å². The molecule has 1 amide bonds. The number of anilines is 1. The maximum Gasteiger partial charge on any atom is 0.344 e. The van der Waals surface area contributed by atoms with Crippen LogP contribution in [0, 0.1) is 20.8 Å². The Labute approximate surface area is 151 Å². The van der Waals surface area contributed by atoms with Crippen molar-refractivity contribution in [2.45, 2.75) is 20.8 Å². The summed E-state index contributed by atoms with van der Waals surface area (Å²) in [6.45, 7) is 5.10. The smallest absolute Gasteiger partial charge is 0.344 e. The lowest BCUT2D eigenvalue weighted by Crippen LogP contribution is -2.24. The van der Waals surface area contributed by atoms with Gasteiger partial charge in [-0.15, -0.1) is 0 Å². The summed E-state index contributed by atoms with van der Waals surface area (Å²) >= 11 is 5.99. The first-order valence-electron chi connectivity index (χ1n) is 7.77. The van der Waals surface area contributed by atoms with E-state index in [1.165, 1.54) is 0 Å². The number of hydrogen-bond acceptors (Lipinski definition) is 4. The van der Waals surface area contributed by atoms with E-state index in [1.54, 1.807) is 31.2 Å². The predicted molar refractivity (Wildman–Crippen MR) is 97.2 cm³/mol. The minimum Gasteiger partial charge on any atom is -0.482 e. The van der Waals surface area contributed by atoms with Crippen molar-refractivity contribution in [2.24, 2.45) is 0 Å². The maximum atomic E-state index is 11.9. The van der Waals surface area contributed by atoms with Crippen LogP contribution in [0.25, 0.3) is 0 Å². The van der Waals surface area contributed by atoms with E-state index in [9.17, 15) is 9.59 Å². The second-order valence-corrected chi connectivity index (χ2v) is 6.06. The highest BCUT2D eigenvalue weighted by Crippen LogP contribution is 2.22. The Morgan fingerprint density at radius 1 is 1.04 bits per heavy atom. The summed E-state index contributed by atoms with van der Waals surface area (Å²) in [6.07, 6.45) is 0. The number of esters is 1. The molecule has 0 radical (unpaired) electrons. The van der Waals surface area contributed by atoms with Crippen molar-refractivity contribution < 1.29 is 19.1 Å². The van der Waals surface area contributed by atoms with Gasteiger partial charge in [0.05, 0.1) is 0 Å². The Kier molecular flexibility index (Phi) is 6.42. The fourth-order valence-electron chi connectivity index (χ4n) is 2.06. The Balaban J connectivity index is 1.78. The molecule has 0 unspecified atom stereocenters.